The van der Waals surface area contributed by atoms with Crippen molar-refractivity contribution in [3.63, 3.8) is 0 Å². The van der Waals surface area contributed by atoms with E-state index in [-0.39, 0.29) is 5.52 Å². The minimum Gasteiger partial charge on any atom is -0.396 e. The Morgan fingerprint density at radius 2 is 2.33 bits per heavy atom. The maximum Gasteiger partial charge on any atom is 0.165 e. The van der Waals surface area contributed by atoms with Gasteiger partial charge in [-0.15, -0.1) is 0 Å². The summed E-state index contributed by atoms with van der Waals surface area (Å²) in [5, 5.41) is 1.46. The maximum absolute atomic E-state index is 10.7. The summed E-state index contributed by atoms with van der Waals surface area (Å²) in [5.41, 5.74) is 6.32. The minimum atomic E-state index is 0.0809. The predicted molar refractivity (Wildman–Crippen MR) is 64.1 cm³/mol. The number of anilines is 2. The van der Waals surface area contributed by atoms with Crippen molar-refractivity contribution >= 4 is 26.3 Å². The van der Waals surface area contributed by atoms with E-state index in [2.05, 4.69) is 14.2 Å². The Hall–Kier alpha value is -1.19. The van der Waals surface area contributed by atoms with Gasteiger partial charge in [-0.1, -0.05) is 9.24 Å². The summed E-state index contributed by atoms with van der Waals surface area (Å²) < 4.78 is 0. The average molecular weight is 226 g/mol. The number of rotatable bonds is 5. The second-order valence-corrected chi connectivity index (χ2v) is 3.82. The Bertz CT molecular complexity index is 345. The third-order valence-electron chi connectivity index (χ3n) is 1.91. The van der Waals surface area contributed by atoms with Crippen molar-refractivity contribution in [3.05, 3.63) is 18.3 Å². The highest BCUT2D eigenvalue weighted by Crippen LogP contribution is 2.16. The van der Waals surface area contributed by atoms with Gasteiger partial charge in [0.2, 0.25) is 0 Å². The van der Waals surface area contributed by atoms with Gasteiger partial charge < -0.3 is 5.73 Å². The van der Waals surface area contributed by atoms with Crippen LogP contribution in [0, 0.1) is 0 Å². The zero-order chi connectivity index (χ0) is 11.3. The average Bonchev–Trinajstić information content (AvgIpc) is 2.17. The van der Waals surface area contributed by atoms with Crippen LogP contribution in [0.25, 0.3) is 0 Å². The molecule has 0 saturated heterocycles. The molecule has 0 amide bonds. The third-order valence-corrected chi connectivity index (χ3v) is 2.20. The smallest absolute Gasteiger partial charge is 0.165 e. The number of hydrogen-bond acceptors (Lipinski definition) is 5. The number of hydrogen-bond donors (Lipinski definition) is 2. The molecular weight excluding hydrogens is 211 g/mol. The molecule has 6 heteroatoms. The van der Waals surface area contributed by atoms with Crippen molar-refractivity contribution in [1.29, 1.82) is 0 Å². The molecule has 1 aromatic rings. The molecule has 82 valence electrons. The molecule has 1 rings (SSSR count). The fraction of sp³-hybridized carbons (Fsp3) is 0.333. The van der Waals surface area contributed by atoms with Gasteiger partial charge in [-0.2, -0.15) is 0 Å². The molecule has 0 radical (unpaired) electrons. The molecule has 0 aliphatic carbocycles. The molecule has 1 aromatic heterocycles. The molecule has 1 atom stereocenters. The monoisotopic (exact) mass is 226 g/mol. The van der Waals surface area contributed by atoms with Crippen LogP contribution in [0.15, 0.2) is 18.3 Å². The zero-order valence-corrected chi connectivity index (χ0v) is 9.54. The fourth-order valence-corrected chi connectivity index (χ4v) is 1.38. The molecule has 1 unspecified atom stereocenters. The number of nitrogens with two attached hydrogens (primary N) is 2. The molecule has 1 heterocycles. The van der Waals surface area contributed by atoms with Crippen molar-refractivity contribution in [2.45, 2.75) is 12.8 Å². The summed E-state index contributed by atoms with van der Waals surface area (Å²) in [6.45, 7) is 0.557. The lowest BCUT2D eigenvalue weighted by molar-refractivity contribution is -0.111. The summed E-state index contributed by atoms with van der Waals surface area (Å²) in [6, 6.07) is 3.49. The number of carbonyl (C=O) groups excluding carboxylic acids is 1. The van der Waals surface area contributed by atoms with E-state index in [1.807, 2.05) is 0 Å². The fourth-order valence-electron chi connectivity index (χ4n) is 1.18. The Morgan fingerprint density at radius 1 is 1.60 bits per heavy atom. The molecule has 15 heavy (non-hydrogen) atoms. The quantitative estimate of drug-likeness (QED) is 0.434. The lowest BCUT2D eigenvalue weighted by Gasteiger charge is -2.18. The Balaban J connectivity index is 2.50. The van der Waals surface area contributed by atoms with Gasteiger partial charge in [0.05, 0.1) is 5.69 Å². The first kappa shape index (κ1) is 11.9. The third kappa shape index (κ3) is 3.81. The number of pyridine rings is 1. The number of aromatic nitrogens is 1. The van der Waals surface area contributed by atoms with Crippen LogP contribution in [0.4, 0.5) is 11.5 Å². The van der Waals surface area contributed by atoms with Gasteiger partial charge in [0.15, 0.2) is 5.82 Å². The topological polar surface area (TPSA) is 85.2 Å². The molecule has 0 aliphatic rings. The molecule has 0 fully saturated rings. The second kappa shape index (κ2) is 5.63. The van der Waals surface area contributed by atoms with Crippen LogP contribution in [0.2, 0.25) is 0 Å². The van der Waals surface area contributed by atoms with Crippen molar-refractivity contribution < 1.29 is 4.79 Å². The van der Waals surface area contributed by atoms with Crippen LogP contribution in [-0.4, -0.2) is 17.1 Å². The first-order valence-electron chi connectivity index (χ1n) is 4.62. The lowest BCUT2D eigenvalue weighted by Crippen LogP contribution is -2.33. The first-order valence-corrected chi connectivity index (χ1v) is 5.20. The maximum atomic E-state index is 10.7. The zero-order valence-electron chi connectivity index (χ0n) is 8.39. The van der Waals surface area contributed by atoms with Gasteiger partial charge in [0, 0.05) is 19.2 Å². The molecule has 0 aromatic carbocycles. The number of carbonyl (C=O) groups is 1. The van der Waals surface area contributed by atoms with Crippen LogP contribution >= 0.6 is 9.24 Å². The van der Waals surface area contributed by atoms with Gasteiger partial charge >= 0.3 is 0 Å². The van der Waals surface area contributed by atoms with Crippen LogP contribution in [0.1, 0.15) is 12.8 Å². The van der Waals surface area contributed by atoms with Gasteiger partial charge in [-0.25, -0.2) is 10.8 Å². The highest BCUT2D eigenvalue weighted by molar-refractivity contribution is 7.40. The normalized spacial score (nSPS) is 10.0. The Morgan fingerprint density at radius 3 is 2.93 bits per heavy atom. The molecule has 0 spiro atoms. The van der Waals surface area contributed by atoms with E-state index in [0.717, 1.165) is 0 Å². The van der Waals surface area contributed by atoms with E-state index < -0.39 is 0 Å². The van der Waals surface area contributed by atoms with E-state index in [4.69, 9.17) is 11.6 Å². The number of hydrazine groups is 1. The van der Waals surface area contributed by atoms with E-state index in [1.165, 1.54) is 5.01 Å². The summed E-state index contributed by atoms with van der Waals surface area (Å²) in [4.78, 5) is 14.8. The molecule has 0 bridgehead atoms. The SMILES string of the molecule is Nc1cccnc1N(N)CCCC(=O)P. The molecule has 0 saturated carbocycles. The molecular formula is C9H15N4OP. The van der Waals surface area contributed by atoms with Crippen LogP contribution in [0.3, 0.4) is 0 Å². The van der Waals surface area contributed by atoms with Crippen LogP contribution in [0.5, 0.6) is 0 Å². The summed E-state index contributed by atoms with van der Waals surface area (Å²) in [6.07, 6.45) is 2.81. The second-order valence-electron chi connectivity index (χ2n) is 3.18. The van der Waals surface area contributed by atoms with E-state index in [1.54, 1.807) is 18.3 Å². The van der Waals surface area contributed by atoms with Crippen molar-refractivity contribution in [2.24, 2.45) is 5.84 Å². The highest BCUT2D eigenvalue weighted by Gasteiger charge is 2.06. The van der Waals surface area contributed by atoms with Gasteiger partial charge in [0.1, 0.15) is 5.52 Å². The van der Waals surface area contributed by atoms with E-state index in [9.17, 15) is 4.79 Å². The molecule has 4 N–H and O–H groups in total. The van der Waals surface area contributed by atoms with E-state index in [0.29, 0.717) is 30.9 Å². The standard InChI is InChI=1S/C9H15N4OP/c10-7-3-1-5-12-9(7)13(11)6-2-4-8(14)15/h1,3,5H,2,4,6,10-11,15H2. The van der Waals surface area contributed by atoms with Gasteiger partial charge in [-0.3, -0.25) is 9.80 Å². The molecule has 0 aliphatic heterocycles. The van der Waals surface area contributed by atoms with Crippen molar-refractivity contribution in [2.75, 3.05) is 17.3 Å². The number of nitrogen functional groups attached to an aromatic ring is 1. The Labute approximate surface area is 91.0 Å². The first-order chi connectivity index (χ1) is 7.11. The van der Waals surface area contributed by atoms with Gasteiger partial charge in [-0.05, 0) is 18.6 Å². The van der Waals surface area contributed by atoms with Crippen molar-refractivity contribution in [1.82, 2.24) is 4.98 Å². The lowest BCUT2D eigenvalue weighted by atomic mass is 10.3. The molecule has 5 nitrogen and oxygen atoms in total. The number of nitrogens with zero attached hydrogens (tertiary/aromatic N) is 2. The summed E-state index contributed by atoms with van der Waals surface area (Å²) in [5.74, 6) is 6.30. The van der Waals surface area contributed by atoms with Gasteiger partial charge in [0.25, 0.3) is 0 Å². The summed E-state index contributed by atoms with van der Waals surface area (Å²) >= 11 is 0. The van der Waals surface area contributed by atoms with Crippen LogP contribution in [-0.2, 0) is 4.79 Å². The highest BCUT2D eigenvalue weighted by atomic mass is 31.0. The summed E-state index contributed by atoms with van der Waals surface area (Å²) in [7, 11) is 2.14. The minimum absolute atomic E-state index is 0.0809. The van der Waals surface area contributed by atoms with Crippen molar-refractivity contribution in [3.8, 4) is 0 Å². The largest absolute Gasteiger partial charge is 0.396 e. The van der Waals surface area contributed by atoms with Crippen LogP contribution < -0.4 is 16.6 Å². The Kier molecular flexibility index (Phi) is 4.46. The van der Waals surface area contributed by atoms with E-state index >= 15 is 0 Å². The predicted octanol–water partition coefficient (Wildman–Crippen LogP) is 0.526.